The molecule has 1 atom stereocenters. The van der Waals surface area contributed by atoms with E-state index in [1.165, 1.54) is 12.8 Å². The molecular weight excluding hydrogens is 310 g/mol. The van der Waals surface area contributed by atoms with Crippen LogP contribution < -0.4 is 10.9 Å². The van der Waals surface area contributed by atoms with E-state index in [1.807, 2.05) is 54.6 Å². The van der Waals surface area contributed by atoms with Crippen LogP contribution in [0.25, 0.3) is 16.6 Å². The molecule has 0 radical (unpaired) electrons. The van der Waals surface area contributed by atoms with Gasteiger partial charge < -0.3 is 5.32 Å². The maximum Gasteiger partial charge on any atom is 0.266 e. The van der Waals surface area contributed by atoms with Gasteiger partial charge in [-0.25, -0.2) is 4.98 Å². The van der Waals surface area contributed by atoms with E-state index in [9.17, 15) is 4.79 Å². The highest BCUT2D eigenvalue weighted by atomic mass is 16.1. The van der Waals surface area contributed by atoms with E-state index in [0.717, 1.165) is 30.0 Å². The van der Waals surface area contributed by atoms with Crippen LogP contribution in [-0.4, -0.2) is 16.1 Å². The van der Waals surface area contributed by atoms with Crippen molar-refractivity contribution in [3.05, 3.63) is 70.8 Å². The van der Waals surface area contributed by atoms with Gasteiger partial charge in [-0.3, -0.25) is 9.36 Å². The predicted molar refractivity (Wildman–Crippen MR) is 103 cm³/mol. The lowest BCUT2D eigenvalue weighted by Crippen LogP contribution is -2.30. The molecule has 1 aromatic heterocycles. The molecule has 0 bridgehead atoms. The highest BCUT2D eigenvalue weighted by Crippen LogP contribution is 2.17. The van der Waals surface area contributed by atoms with E-state index in [2.05, 4.69) is 19.2 Å². The quantitative estimate of drug-likeness (QED) is 0.657. The Kier molecular flexibility index (Phi) is 5.61. The zero-order valence-electron chi connectivity index (χ0n) is 14.9. The number of nitrogens with zero attached hydrogens (tertiary/aromatic N) is 2. The standard InChI is InChI=1S/C21H25N3O/c1-3-4-10-15-22-16(2)20-23-19-14-9-8-13-18(19)21(25)24(20)17-11-6-5-7-12-17/h5-9,11-14,16,22H,3-4,10,15H2,1-2H3/t16-/m1/s1. The number of fused-ring (bicyclic) bond motifs is 1. The van der Waals surface area contributed by atoms with Crippen molar-refractivity contribution >= 4 is 10.9 Å². The summed E-state index contributed by atoms with van der Waals surface area (Å²) in [6.45, 7) is 5.19. The number of para-hydroxylation sites is 2. The van der Waals surface area contributed by atoms with E-state index >= 15 is 0 Å². The summed E-state index contributed by atoms with van der Waals surface area (Å²) in [5, 5.41) is 4.16. The number of aromatic nitrogens is 2. The third kappa shape index (κ3) is 3.80. The Hall–Kier alpha value is -2.46. The topological polar surface area (TPSA) is 46.9 Å². The molecule has 0 unspecified atom stereocenters. The van der Waals surface area contributed by atoms with E-state index in [4.69, 9.17) is 4.98 Å². The minimum absolute atomic E-state index is 0.00521. The molecule has 0 aliphatic carbocycles. The van der Waals surface area contributed by atoms with Gasteiger partial charge in [0, 0.05) is 0 Å². The van der Waals surface area contributed by atoms with Crippen LogP contribution >= 0.6 is 0 Å². The third-order valence-electron chi connectivity index (χ3n) is 4.43. The molecule has 0 aliphatic heterocycles. The van der Waals surface area contributed by atoms with Crippen LogP contribution in [0.1, 0.15) is 45.0 Å². The van der Waals surface area contributed by atoms with E-state index in [1.54, 1.807) is 4.57 Å². The second-order valence-electron chi connectivity index (χ2n) is 6.35. The Morgan fingerprint density at radius 2 is 1.76 bits per heavy atom. The molecule has 4 heteroatoms. The van der Waals surface area contributed by atoms with Crippen LogP contribution in [0.5, 0.6) is 0 Å². The van der Waals surface area contributed by atoms with Crippen molar-refractivity contribution in [2.75, 3.05) is 6.54 Å². The van der Waals surface area contributed by atoms with Gasteiger partial charge in [-0.15, -0.1) is 0 Å². The van der Waals surface area contributed by atoms with Gasteiger partial charge >= 0.3 is 0 Å². The Morgan fingerprint density at radius 1 is 1.04 bits per heavy atom. The number of unbranched alkanes of at least 4 members (excludes halogenated alkanes) is 2. The molecule has 4 nitrogen and oxygen atoms in total. The first kappa shape index (κ1) is 17.4. The second kappa shape index (κ2) is 8.08. The first-order chi connectivity index (χ1) is 12.2. The van der Waals surface area contributed by atoms with E-state index < -0.39 is 0 Å². The Morgan fingerprint density at radius 3 is 2.52 bits per heavy atom. The van der Waals surface area contributed by atoms with Gasteiger partial charge in [0.05, 0.1) is 22.6 Å². The molecule has 1 N–H and O–H groups in total. The summed E-state index contributed by atoms with van der Waals surface area (Å²) in [5.41, 5.74) is 1.58. The van der Waals surface area contributed by atoms with Gasteiger partial charge in [0.25, 0.3) is 5.56 Å². The highest BCUT2D eigenvalue weighted by Gasteiger charge is 2.17. The normalized spacial score (nSPS) is 12.4. The van der Waals surface area contributed by atoms with Gasteiger partial charge in [0.2, 0.25) is 0 Å². The minimum Gasteiger partial charge on any atom is -0.308 e. The van der Waals surface area contributed by atoms with Crippen molar-refractivity contribution in [2.24, 2.45) is 0 Å². The molecule has 1 heterocycles. The molecule has 0 aliphatic rings. The summed E-state index contributed by atoms with van der Waals surface area (Å²) in [4.78, 5) is 17.9. The van der Waals surface area contributed by atoms with Crippen molar-refractivity contribution in [2.45, 2.75) is 39.2 Å². The van der Waals surface area contributed by atoms with Crippen molar-refractivity contribution in [3.63, 3.8) is 0 Å². The van der Waals surface area contributed by atoms with Gasteiger partial charge in [-0.1, -0.05) is 50.1 Å². The number of benzene rings is 2. The third-order valence-corrected chi connectivity index (χ3v) is 4.43. The lowest BCUT2D eigenvalue weighted by Gasteiger charge is -2.19. The summed E-state index contributed by atoms with van der Waals surface area (Å²) in [7, 11) is 0. The van der Waals surface area contributed by atoms with E-state index in [-0.39, 0.29) is 11.6 Å². The molecule has 2 aromatic carbocycles. The molecule has 130 valence electrons. The van der Waals surface area contributed by atoms with Crippen molar-refractivity contribution in [3.8, 4) is 5.69 Å². The summed E-state index contributed by atoms with van der Waals surface area (Å²) < 4.78 is 1.74. The lowest BCUT2D eigenvalue weighted by molar-refractivity contribution is 0.513. The molecule has 0 saturated heterocycles. The molecule has 25 heavy (non-hydrogen) atoms. The first-order valence-electron chi connectivity index (χ1n) is 9.03. The first-order valence-corrected chi connectivity index (χ1v) is 9.03. The average Bonchev–Trinajstić information content (AvgIpc) is 2.65. The van der Waals surface area contributed by atoms with E-state index in [0.29, 0.717) is 5.39 Å². The van der Waals surface area contributed by atoms with Crippen LogP contribution in [0, 0.1) is 0 Å². The molecule has 3 rings (SSSR count). The van der Waals surface area contributed by atoms with Gasteiger partial charge in [0.15, 0.2) is 0 Å². The smallest absolute Gasteiger partial charge is 0.266 e. The fraction of sp³-hybridized carbons (Fsp3) is 0.333. The summed E-state index contributed by atoms with van der Waals surface area (Å²) in [5.74, 6) is 0.756. The molecule has 0 fully saturated rings. The van der Waals surface area contributed by atoms with Crippen LogP contribution in [0.15, 0.2) is 59.4 Å². The summed E-state index contributed by atoms with van der Waals surface area (Å²) >= 11 is 0. The monoisotopic (exact) mass is 335 g/mol. The summed E-state index contributed by atoms with van der Waals surface area (Å²) in [6.07, 6.45) is 3.53. The van der Waals surface area contributed by atoms with Gasteiger partial charge in [-0.2, -0.15) is 0 Å². The average molecular weight is 335 g/mol. The Bertz CT molecular complexity index is 887. The minimum atomic E-state index is -0.0194. The molecule has 3 aromatic rings. The van der Waals surface area contributed by atoms with Crippen LogP contribution in [0.3, 0.4) is 0 Å². The van der Waals surface area contributed by atoms with Crippen molar-refractivity contribution in [1.29, 1.82) is 0 Å². The Balaban J connectivity index is 2.07. The summed E-state index contributed by atoms with van der Waals surface area (Å²) in [6, 6.07) is 17.3. The largest absolute Gasteiger partial charge is 0.308 e. The molecule has 0 saturated carbocycles. The van der Waals surface area contributed by atoms with Crippen molar-refractivity contribution in [1.82, 2.24) is 14.9 Å². The van der Waals surface area contributed by atoms with Gasteiger partial charge in [-0.05, 0) is 44.2 Å². The SMILES string of the molecule is CCCCCN[C@H](C)c1nc2ccccc2c(=O)n1-c1ccccc1. The lowest BCUT2D eigenvalue weighted by atomic mass is 10.2. The maximum absolute atomic E-state index is 13.1. The zero-order valence-corrected chi connectivity index (χ0v) is 14.9. The second-order valence-corrected chi connectivity index (χ2v) is 6.35. The van der Waals surface area contributed by atoms with Crippen molar-refractivity contribution < 1.29 is 0 Å². The zero-order chi connectivity index (χ0) is 17.6. The molecule has 0 amide bonds. The van der Waals surface area contributed by atoms with Crippen LogP contribution in [0.4, 0.5) is 0 Å². The number of hydrogen-bond donors (Lipinski definition) is 1. The number of rotatable bonds is 7. The van der Waals surface area contributed by atoms with Crippen LogP contribution in [-0.2, 0) is 0 Å². The van der Waals surface area contributed by atoms with Gasteiger partial charge in [0.1, 0.15) is 5.82 Å². The molecule has 0 spiro atoms. The fourth-order valence-electron chi connectivity index (χ4n) is 3.05. The maximum atomic E-state index is 13.1. The fourth-order valence-corrected chi connectivity index (χ4v) is 3.05. The number of nitrogens with one attached hydrogen (secondary N) is 1. The highest BCUT2D eigenvalue weighted by molar-refractivity contribution is 5.77. The number of hydrogen-bond acceptors (Lipinski definition) is 3. The van der Waals surface area contributed by atoms with Crippen LogP contribution in [0.2, 0.25) is 0 Å². The molecular formula is C21H25N3O. The Labute approximate surface area is 148 Å². The predicted octanol–water partition coefficient (Wildman–Crippen LogP) is 4.23.